The van der Waals surface area contributed by atoms with Crippen LogP contribution in [0.2, 0.25) is 0 Å². The van der Waals surface area contributed by atoms with Crippen molar-refractivity contribution in [1.29, 1.82) is 0 Å². The summed E-state index contributed by atoms with van der Waals surface area (Å²) in [7, 11) is 3.08. The number of anilines is 1. The number of benzene rings is 2. The van der Waals surface area contributed by atoms with E-state index in [-0.39, 0.29) is 43.5 Å². The van der Waals surface area contributed by atoms with Crippen LogP contribution in [-0.4, -0.2) is 98.1 Å². The summed E-state index contributed by atoms with van der Waals surface area (Å²) < 4.78 is 37.5. The Labute approximate surface area is 391 Å². The molecule has 2 saturated carbocycles. The van der Waals surface area contributed by atoms with E-state index in [9.17, 15) is 19.8 Å². The monoisotopic (exact) mass is 916 g/mol. The predicted molar refractivity (Wildman–Crippen MR) is 252 cm³/mol. The third-order valence-corrected chi connectivity index (χ3v) is 14.3. The van der Waals surface area contributed by atoms with Gasteiger partial charge in [-0.05, 0) is 105 Å². The zero-order valence-electron chi connectivity index (χ0n) is 39.4. The number of aliphatic hydroxyl groups excluding tert-OH is 2. The van der Waals surface area contributed by atoms with Crippen LogP contribution in [0, 0.1) is 23.7 Å². The molecule has 3 fully saturated rings. The molecule has 0 bridgehead atoms. The second-order valence-electron chi connectivity index (χ2n) is 18.5. The molecule has 1 saturated heterocycles. The Morgan fingerprint density at radius 2 is 1.73 bits per heavy atom. The second-order valence-corrected chi connectivity index (χ2v) is 18.5. The van der Waals surface area contributed by atoms with E-state index >= 15 is 0 Å². The van der Waals surface area contributed by atoms with Crippen molar-refractivity contribution < 1.29 is 53.1 Å². The minimum absolute atomic E-state index is 0.00581. The topological polar surface area (TPSA) is 167 Å². The van der Waals surface area contributed by atoms with Crippen molar-refractivity contribution >= 4 is 23.4 Å². The number of carbonyl (C=O) groups is 2. The SMILES string of the molecule is C=CCO[C@@]12Oc3ccc(OC(=O)Nc4ccc(OC)cc4OC)cc3[C@H]3[C@H](CCCCO)[C@@H](CCCCO)C=C(C(=NOC4CCCCO4)C[C@@H]1N(CCC)C(=O)CCC1CCCC1)[C@H]32. The normalized spacial score (nSPS) is 26.3. The summed E-state index contributed by atoms with van der Waals surface area (Å²) in [6, 6.07) is 9.98. The number of methoxy groups -OCH3 is 2. The van der Waals surface area contributed by atoms with Gasteiger partial charge in [0.05, 0.1) is 44.8 Å². The third kappa shape index (κ3) is 11.4. The van der Waals surface area contributed by atoms with Gasteiger partial charge in [-0.2, -0.15) is 0 Å². The van der Waals surface area contributed by atoms with Crippen molar-refractivity contribution in [2.75, 3.05) is 52.5 Å². The predicted octanol–water partition coefficient (Wildman–Crippen LogP) is 9.68. The van der Waals surface area contributed by atoms with Crippen LogP contribution in [0.3, 0.4) is 0 Å². The molecule has 14 nitrogen and oxygen atoms in total. The molecule has 2 amide bonds. The van der Waals surface area contributed by atoms with Gasteiger partial charge >= 0.3 is 6.09 Å². The van der Waals surface area contributed by atoms with E-state index in [2.05, 4.69) is 24.9 Å². The first-order valence-electron chi connectivity index (χ1n) is 24.6. The van der Waals surface area contributed by atoms with Crippen molar-refractivity contribution in [3.8, 4) is 23.0 Å². The molecule has 2 aliphatic heterocycles. The zero-order valence-corrected chi connectivity index (χ0v) is 39.4. The molecule has 66 heavy (non-hydrogen) atoms. The summed E-state index contributed by atoms with van der Waals surface area (Å²) in [4.78, 5) is 36.8. The van der Waals surface area contributed by atoms with E-state index in [1.807, 2.05) is 17.0 Å². The standard InChI is InChI=1S/C52H73N3O11/c1-5-26-55(47(58)25-20-35-15-7-8-16-35)46-34-43(54-66-48-19-11-14-30-62-48)40-31-36(17-9-12-27-56)39(18-10-13-28-57)49-41-32-38(22-24-44(41)65-52(46,50(40)49)63-29-6-2)64-51(59)53-42-23-21-37(60-3)33-45(42)61-4/h6,21-24,31-33,35-36,39,46,48-50,56-57H,2,5,7-20,25-30,34H2,1,3-4H3,(H,53,59)/t36-,39+,46-,48?,49+,50+,52+/m0/s1. The third-order valence-electron chi connectivity index (χ3n) is 14.3. The lowest BCUT2D eigenvalue weighted by Gasteiger charge is -2.60. The van der Waals surface area contributed by atoms with Gasteiger partial charge in [0.15, 0.2) is 0 Å². The fourth-order valence-electron chi connectivity index (χ4n) is 11.2. The largest absolute Gasteiger partial charge is 0.497 e. The highest BCUT2D eigenvalue weighted by molar-refractivity contribution is 6.03. The molecule has 14 heteroatoms. The average molecular weight is 916 g/mol. The van der Waals surface area contributed by atoms with Crippen molar-refractivity contribution in [3.63, 3.8) is 0 Å². The molecule has 2 heterocycles. The lowest BCUT2D eigenvalue weighted by atomic mass is 9.55. The Bertz CT molecular complexity index is 1990. The maximum atomic E-state index is 14.8. The highest BCUT2D eigenvalue weighted by Gasteiger charge is 2.65. The van der Waals surface area contributed by atoms with Crippen molar-refractivity contribution in [1.82, 2.24) is 4.90 Å². The fourth-order valence-corrected chi connectivity index (χ4v) is 11.2. The van der Waals surface area contributed by atoms with Gasteiger partial charge in [0, 0.05) is 56.6 Å². The number of oxime groups is 1. The van der Waals surface area contributed by atoms with Crippen LogP contribution in [-0.2, 0) is 19.1 Å². The van der Waals surface area contributed by atoms with E-state index in [4.69, 9.17) is 38.4 Å². The number of aliphatic hydroxyl groups is 2. The molecule has 2 aromatic rings. The first kappa shape index (κ1) is 49.3. The number of allylic oxidation sites excluding steroid dienone is 1. The van der Waals surface area contributed by atoms with Crippen LogP contribution in [0.25, 0.3) is 0 Å². The Balaban J connectivity index is 1.36. The molecule has 7 atom stereocenters. The Hall–Kier alpha value is -4.63. The smallest absolute Gasteiger partial charge is 0.417 e. The molecular weight excluding hydrogens is 843 g/mol. The maximum Gasteiger partial charge on any atom is 0.417 e. The summed E-state index contributed by atoms with van der Waals surface area (Å²) in [5.74, 6) is 0.429. The summed E-state index contributed by atoms with van der Waals surface area (Å²) in [5, 5.41) is 27.8. The minimum atomic E-state index is -1.37. The number of rotatable bonds is 23. The van der Waals surface area contributed by atoms with E-state index in [0.717, 1.165) is 87.5 Å². The van der Waals surface area contributed by atoms with Gasteiger partial charge in [-0.3, -0.25) is 10.1 Å². The lowest BCUT2D eigenvalue weighted by molar-refractivity contribution is -0.257. The quantitative estimate of drug-likeness (QED) is 0.0552. The van der Waals surface area contributed by atoms with Gasteiger partial charge in [-0.25, -0.2) is 4.79 Å². The highest BCUT2D eigenvalue weighted by atomic mass is 16.8. The number of carbonyl (C=O) groups excluding carboxylic acids is 2. The molecule has 362 valence electrons. The van der Waals surface area contributed by atoms with Gasteiger partial charge in [-0.1, -0.05) is 62.8 Å². The average Bonchev–Trinajstić information content (AvgIpc) is 3.87. The molecule has 0 radical (unpaired) electrons. The van der Waals surface area contributed by atoms with Crippen LogP contribution in [0.5, 0.6) is 23.0 Å². The molecule has 2 aromatic carbocycles. The van der Waals surface area contributed by atoms with Gasteiger partial charge in [0.2, 0.25) is 18.0 Å². The molecule has 0 aromatic heterocycles. The van der Waals surface area contributed by atoms with Gasteiger partial charge in [0.1, 0.15) is 29.0 Å². The van der Waals surface area contributed by atoms with E-state index in [0.29, 0.717) is 73.4 Å². The van der Waals surface area contributed by atoms with E-state index in [1.165, 1.54) is 20.0 Å². The molecule has 5 aliphatic rings. The number of hydrogen-bond donors (Lipinski definition) is 3. The van der Waals surface area contributed by atoms with Gasteiger partial charge < -0.3 is 48.4 Å². The number of nitrogens with one attached hydrogen (secondary N) is 1. The molecule has 3 aliphatic carbocycles. The number of hydrogen-bond acceptors (Lipinski definition) is 12. The van der Waals surface area contributed by atoms with Gasteiger partial charge in [0.25, 0.3) is 0 Å². The summed E-state index contributed by atoms with van der Waals surface area (Å²) in [5.41, 5.74) is 2.95. The molecule has 7 rings (SSSR count). The van der Waals surface area contributed by atoms with Crippen LogP contribution >= 0.6 is 0 Å². The van der Waals surface area contributed by atoms with Crippen molar-refractivity contribution in [3.05, 3.63) is 66.3 Å². The molecule has 0 spiro atoms. The Kier molecular flexibility index (Phi) is 17.8. The van der Waals surface area contributed by atoms with Crippen molar-refractivity contribution in [2.24, 2.45) is 28.8 Å². The number of unbranched alkanes of at least 4 members (excludes halogenated alkanes) is 2. The lowest BCUT2D eigenvalue weighted by Crippen LogP contribution is -2.70. The maximum absolute atomic E-state index is 14.8. The Morgan fingerprint density at radius 3 is 2.44 bits per heavy atom. The van der Waals surface area contributed by atoms with Crippen molar-refractivity contribution in [2.45, 2.75) is 140 Å². The first-order valence-corrected chi connectivity index (χ1v) is 24.6. The number of fused-ring (bicyclic) bond motifs is 2. The van der Waals surface area contributed by atoms with Crippen LogP contribution < -0.4 is 24.3 Å². The zero-order chi connectivity index (χ0) is 46.5. The van der Waals surface area contributed by atoms with Gasteiger partial charge in [-0.15, -0.1) is 6.58 Å². The Morgan fingerprint density at radius 1 is 0.955 bits per heavy atom. The molecular formula is C52H73N3O11. The van der Waals surface area contributed by atoms with Crippen LogP contribution in [0.1, 0.15) is 128 Å². The van der Waals surface area contributed by atoms with E-state index < -0.39 is 30.1 Å². The molecule has 3 N–H and O–H groups in total. The molecule has 1 unspecified atom stereocenters. The number of amides is 2. The first-order chi connectivity index (χ1) is 32.3. The van der Waals surface area contributed by atoms with Crippen LogP contribution in [0.4, 0.5) is 10.5 Å². The highest BCUT2D eigenvalue weighted by Crippen LogP contribution is 2.62. The summed E-state index contributed by atoms with van der Waals surface area (Å²) in [6.45, 7) is 7.61. The fraction of sp³-hybridized carbons (Fsp3) is 0.635. The number of nitrogens with zero attached hydrogens (tertiary/aromatic N) is 2. The van der Waals surface area contributed by atoms with Crippen LogP contribution in [0.15, 0.2) is 65.9 Å². The van der Waals surface area contributed by atoms with E-state index in [1.54, 1.807) is 37.5 Å². The summed E-state index contributed by atoms with van der Waals surface area (Å²) in [6.07, 6.45) is 17.1. The minimum Gasteiger partial charge on any atom is -0.497 e. The summed E-state index contributed by atoms with van der Waals surface area (Å²) >= 11 is 0. The number of ether oxygens (including phenoxy) is 6. The second kappa shape index (κ2) is 23.9.